The fourth-order valence-corrected chi connectivity index (χ4v) is 5.78. The van der Waals surface area contributed by atoms with Crippen LogP contribution in [0.1, 0.15) is 23.8 Å². The van der Waals surface area contributed by atoms with Crippen molar-refractivity contribution >= 4 is 34.2 Å². The van der Waals surface area contributed by atoms with Crippen LogP contribution in [0, 0.1) is 5.92 Å². The Morgan fingerprint density at radius 1 is 1.33 bits per heavy atom. The Hall–Kier alpha value is -1.11. The standard InChI is InChI=1S/C15H15N3OS2/c19-11-8-21-15-16-12-9-3-5-17(6-4-9)14(12)13(18(11)15)10-2-1-7-20-10/h1-2,7,9,13H,3-6,8H2/p+1/t13-/m0/s1. The van der Waals surface area contributed by atoms with E-state index in [0.717, 1.165) is 5.17 Å². The zero-order valence-electron chi connectivity index (χ0n) is 11.5. The van der Waals surface area contributed by atoms with Crippen molar-refractivity contribution in [1.29, 1.82) is 0 Å². The Morgan fingerprint density at radius 3 is 2.95 bits per heavy atom. The van der Waals surface area contributed by atoms with E-state index in [1.807, 2.05) is 4.90 Å². The molecule has 0 spiro atoms. The minimum Gasteiger partial charge on any atom is -0.302 e. The first-order valence-electron chi connectivity index (χ1n) is 7.49. The Kier molecular flexibility index (Phi) is 2.63. The summed E-state index contributed by atoms with van der Waals surface area (Å²) in [6.45, 7) is 2.40. The van der Waals surface area contributed by atoms with Crippen LogP contribution < -0.4 is 4.90 Å². The number of fused-ring (bicyclic) bond motifs is 3. The van der Waals surface area contributed by atoms with Crippen molar-refractivity contribution in [2.45, 2.75) is 18.9 Å². The third kappa shape index (κ3) is 1.67. The smallest absolute Gasteiger partial charge is 0.240 e. The molecule has 2 fully saturated rings. The molecule has 0 aromatic carbocycles. The van der Waals surface area contributed by atoms with Gasteiger partial charge in [0.1, 0.15) is 11.7 Å². The molecule has 4 nitrogen and oxygen atoms in total. The fraction of sp³-hybridized carbons (Fsp3) is 0.467. The lowest BCUT2D eigenvalue weighted by molar-refractivity contribution is -0.876. The van der Waals surface area contributed by atoms with E-state index in [0.29, 0.717) is 11.7 Å². The largest absolute Gasteiger partial charge is 0.302 e. The summed E-state index contributed by atoms with van der Waals surface area (Å²) in [5, 5.41) is 3.05. The van der Waals surface area contributed by atoms with E-state index in [9.17, 15) is 4.79 Å². The Bertz CT molecular complexity index is 671. The van der Waals surface area contributed by atoms with Crippen molar-refractivity contribution in [1.82, 2.24) is 4.90 Å². The minimum absolute atomic E-state index is 0.105. The zero-order valence-corrected chi connectivity index (χ0v) is 13.2. The van der Waals surface area contributed by atoms with Gasteiger partial charge in [0, 0.05) is 23.6 Å². The topological polar surface area (TPSA) is 37.1 Å². The van der Waals surface area contributed by atoms with E-state index in [1.165, 1.54) is 42.2 Å². The quantitative estimate of drug-likeness (QED) is 0.846. The molecule has 1 atom stereocenters. The lowest BCUT2D eigenvalue weighted by Gasteiger charge is -2.44. The molecular formula is C15H16N3OS2+. The van der Waals surface area contributed by atoms with Crippen LogP contribution in [0.3, 0.4) is 0 Å². The molecule has 0 radical (unpaired) electrons. The molecule has 21 heavy (non-hydrogen) atoms. The first-order valence-corrected chi connectivity index (χ1v) is 9.35. The minimum atomic E-state index is 0.105. The first-order chi connectivity index (χ1) is 10.3. The van der Waals surface area contributed by atoms with Gasteiger partial charge >= 0.3 is 0 Å². The second kappa shape index (κ2) is 4.44. The predicted octanol–water partition coefficient (Wildman–Crippen LogP) is 1.25. The van der Waals surface area contributed by atoms with Gasteiger partial charge < -0.3 is 4.90 Å². The van der Waals surface area contributed by atoms with Crippen LogP contribution in [0.15, 0.2) is 33.9 Å². The van der Waals surface area contributed by atoms with Crippen LogP contribution >= 0.6 is 23.1 Å². The summed E-state index contributed by atoms with van der Waals surface area (Å²) in [4.78, 5) is 22.1. The second-order valence-corrected chi connectivity index (χ2v) is 7.96. The third-order valence-electron chi connectivity index (χ3n) is 4.99. The number of nitrogens with one attached hydrogen (secondary N) is 1. The molecule has 1 amide bonds. The molecule has 2 bridgehead atoms. The molecule has 1 aromatic rings. The lowest BCUT2D eigenvalue weighted by Crippen LogP contribution is -3.13. The number of rotatable bonds is 1. The number of carbonyl (C=O) groups excluding carboxylic acids is 1. The number of quaternary nitrogens is 1. The highest BCUT2D eigenvalue weighted by atomic mass is 32.2. The van der Waals surface area contributed by atoms with Gasteiger partial charge in [-0.2, -0.15) is 0 Å². The maximum absolute atomic E-state index is 12.4. The van der Waals surface area contributed by atoms with Gasteiger partial charge in [-0.1, -0.05) is 17.8 Å². The molecule has 5 aliphatic rings. The maximum atomic E-state index is 12.4. The third-order valence-corrected chi connectivity index (χ3v) is 6.85. The maximum Gasteiger partial charge on any atom is 0.240 e. The average Bonchev–Trinajstić information content (AvgIpc) is 3.17. The molecule has 6 heterocycles. The van der Waals surface area contributed by atoms with E-state index in [4.69, 9.17) is 4.99 Å². The average molecular weight is 318 g/mol. The van der Waals surface area contributed by atoms with Gasteiger partial charge in [0.2, 0.25) is 5.91 Å². The number of amidine groups is 1. The molecule has 0 saturated carbocycles. The normalized spacial score (nSPS) is 34.1. The van der Waals surface area contributed by atoms with E-state index in [1.54, 1.807) is 28.0 Å². The zero-order chi connectivity index (χ0) is 14.0. The van der Waals surface area contributed by atoms with Gasteiger partial charge in [-0.05, 0) is 11.4 Å². The fourth-order valence-electron chi connectivity index (χ4n) is 4.06. The number of carbonyl (C=O) groups is 1. The summed E-state index contributed by atoms with van der Waals surface area (Å²) in [6, 6.07) is 4.36. The number of allylic oxidation sites excluding steroid dienone is 1. The molecule has 0 aliphatic carbocycles. The summed E-state index contributed by atoms with van der Waals surface area (Å²) in [7, 11) is 0. The summed E-state index contributed by atoms with van der Waals surface area (Å²) < 4.78 is 0. The molecule has 108 valence electrons. The van der Waals surface area contributed by atoms with Crippen LogP contribution in [-0.4, -0.2) is 34.8 Å². The number of thioether (sulfide) groups is 1. The van der Waals surface area contributed by atoms with E-state index < -0.39 is 0 Å². The summed E-state index contributed by atoms with van der Waals surface area (Å²) in [6.07, 6.45) is 2.50. The lowest BCUT2D eigenvalue weighted by atomic mass is 9.84. The Labute approximate surface area is 131 Å². The second-order valence-electron chi connectivity index (χ2n) is 6.04. The number of piperidine rings is 1. The van der Waals surface area contributed by atoms with Crippen molar-refractivity contribution in [2.24, 2.45) is 10.9 Å². The van der Waals surface area contributed by atoms with Gasteiger partial charge in [0.25, 0.3) is 0 Å². The van der Waals surface area contributed by atoms with Crippen LogP contribution in [-0.2, 0) is 4.79 Å². The van der Waals surface area contributed by atoms with Crippen molar-refractivity contribution in [3.63, 3.8) is 0 Å². The number of aliphatic imine (C=N–C) groups is 1. The van der Waals surface area contributed by atoms with Gasteiger partial charge in [0.05, 0.1) is 18.8 Å². The van der Waals surface area contributed by atoms with Crippen molar-refractivity contribution < 1.29 is 9.69 Å². The molecule has 1 N–H and O–H groups in total. The monoisotopic (exact) mass is 318 g/mol. The number of hydrogen-bond donors (Lipinski definition) is 1. The summed E-state index contributed by atoms with van der Waals surface area (Å²) in [5.41, 5.74) is 2.69. The van der Waals surface area contributed by atoms with Crippen LogP contribution in [0.4, 0.5) is 0 Å². The highest BCUT2D eigenvalue weighted by molar-refractivity contribution is 8.15. The predicted molar refractivity (Wildman–Crippen MR) is 84.2 cm³/mol. The van der Waals surface area contributed by atoms with E-state index in [-0.39, 0.29) is 11.9 Å². The highest BCUT2D eigenvalue weighted by Gasteiger charge is 2.50. The number of thiophene rings is 1. The Balaban J connectivity index is 1.72. The molecule has 1 aromatic heterocycles. The van der Waals surface area contributed by atoms with Crippen LogP contribution in [0.2, 0.25) is 0 Å². The summed E-state index contributed by atoms with van der Waals surface area (Å²) >= 11 is 3.36. The molecule has 2 saturated heterocycles. The number of amides is 1. The van der Waals surface area contributed by atoms with Gasteiger partial charge in [0.15, 0.2) is 10.9 Å². The SMILES string of the molecule is O=C1CSC2=NC3=C([C@H](c4cccs4)N12)[NH+]1CCC3CC1. The van der Waals surface area contributed by atoms with Crippen molar-refractivity contribution in [3.05, 3.63) is 33.8 Å². The van der Waals surface area contributed by atoms with Crippen LogP contribution in [0.5, 0.6) is 0 Å². The van der Waals surface area contributed by atoms with Crippen LogP contribution in [0.25, 0.3) is 0 Å². The highest BCUT2D eigenvalue weighted by Crippen LogP contribution is 2.44. The van der Waals surface area contributed by atoms with Gasteiger partial charge in [-0.15, -0.1) is 11.3 Å². The molecule has 6 rings (SSSR count). The molecule has 6 heteroatoms. The van der Waals surface area contributed by atoms with E-state index >= 15 is 0 Å². The molecule has 5 aliphatic heterocycles. The Morgan fingerprint density at radius 2 is 2.19 bits per heavy atom. The molecule has 0 unspecified atom stereocenters. The summed E-state index contributed by atoms with van der Waals surface area (Å²) in [5.74, 6) is 1.37. The number of hydrogen-bond acceptors (Lipinski definition) is 4. The first kappa shape index (κ1) is 12.4. The molecular weight excluding hydrogens is 302 g/mol. The number of nitrogens with zero attached hydrogens (tertiary/aromatic N) is 2. The van der Waals surface area contributed by atoms with Crippen molar-refractivity contribution in [3.8, 4) is 0 Å². The van der Waals surface area contributed by atoms with E-state index in [2.05, 4.69) is 17.5 Å². The van der Waals surface area contributed by atoms with Gasteiger partial charge in [-0.25, -0.2) is 4.99 Å². The van der Waals surface area contributed by atoms with Crippen molar-refractivity contribution in [2.75, 3.05) is 18.8 Å². The van der Waals surface area contributed by atoms with Gasteiger partial charge in [-0.3, -0.25) is 9.69 Å².